The first kappa shape index (κ1) is 22.7. The van der Waals surface area contributed by atoms with Crippen LogP contribution in [0.1, 0.15) is 5.56 Å². The average Bonchev–Trinajstić information content (AvgIpc) is 3.29. The van der Waals surface area contributed by atoms with Crippen molar-refractivity contribution in [3.8, 4) is 11.3 Å². The fraction of sp³-hybridized carbons (Fsp3) is 0.208. The minimum Gasteiger partial charge on any atom is -0.378 e. The fourth-order valence-electron chi connectivity index (χ4n) is 3.87. The van der Waals surface area contributed by atoms with E-state index in [0.29, 0.717) is 24.5 Å². The number of rotatable bonds is 4. The summed E-state index contributed by atoms with van der Waals surface area (Å²) in [6.07, 6.45) is -2.80. The lowest BCUT2D eigenvalue weighted by atomic mass is 10.1. The van der Waals surface area contributed by atoms with Crippen molar-refractivity contribution in [2.45, 2.75) is 6.18 Å². The van der Waals surface area contributed by atoms with Crippen molar-refractivity contribution in [3.63, 3.8) is 0 Å². The van der Waals surface area contributed by atoms with Gasteiger partial charge in [0.25, 0.3) is 0 Å². The molecule has 1 aliphatic rings. The maximum atomic E-state index is 12.9. The SMILES string of the molecule is O=C(Nc1cccc(-c2ccnc3cc(N4CCOCC4)nn23)c1)Nc1cccc(C(F)(F)F)c1. The molecule has 4 aromatic rings. The number of nitrogens with zero attached hydrogens (tertiary/aromatic N) is 4. The predicted molar refractivity (Wildman–Crippen MR) is 126 cm³/mol. The minimum absolute atomic E-state index is 0.0384. The molecular formula is C24H21F3N6O2. The lowest BCUT2D eigenvalue weighted by Crippen LogP contribution is -2.36. The van der Waals surface area contributed by atoms with Gasteiger partial charge in [-0.1, -0.05) is 18.2 Å². The number of anilines is 3. The first-order valence-electron chi connectivity index (χ1n) is 10.9. The number of hydrogen-bond acceptors (Lipinski definition) is 5. The van der Waals surface area contributed by atoms with Gasteiger partial charge in [-0.25, -0.2) is 14.3 Å². The van der Waals surface area contributed by atoms with Gasteiger partial charge in [0, 0.05) is 42.3 Å². The van der Waals surface area contributed by atoms with E-state index >= 15 is 0 Å². The van der Waals surface area contributed by atoms with Gasteiger partial charge in [0.15, 0.2) is 11.5 Å². The quantitative estimate of drug-likeness (QED) is 0.433. The summed E-state index contributed by atoms with van der Waals surface area (Å²) in [5.41, 5.74) is 1.91. The normalized spacial score (nSPS) is 14.2. The minimum atomic E-state index is -4.49. The number of alkyl halides is 3. The summed E-state index contributed by atoms with van der Waals surface area (Å²) in [5, 5.41) is 9.82. The summed E-state index contributed by atoms with van der Waals surface area (Å²) in [7, 11) is 0. The van der Waals surface area contributed by atoms with Gasteiger partial charge >= 0.3 is 12.2 Å². The molecule has 8 nitrogen and oxygen atoms in total. The number of carbonyl (C=O) groups excluding carboxylic acids is 1. The third-order valence-electron chi connectivity index (χ3n) is 5.54. The van der Waals surface area contributed by atoms with Crippen LogP contribution in [0.2, 0.25) is 0 Å². The van der Waals surface area contributed by atoms with Gasteiger partial charge in [0.1, 0.15) is 0 Å². The molecule has 1 fully saturated rings. The van der Waals surface area contributed by atoms with Crippen molar-refractivity contribution in [2.75, 3.05) is 41.8 Å². The third kappa shape index (κ3) is 5.04. The average molecular weight is 482 g/mol. The van der Waals surface area contributed by atoms with Crippen LogP contribution in [0, 0.1) is 0 Å². The maximum absolute atomic E-state index is 12.9. The van der Waals surface area contributed by atoms with Gasteiger partial charge in [-0.2, -0.15) is 13.2 Å². The molecule has 5 rings (SSSR count). The van der Waals surface area contributed by atoms with Crippen molar-refractivity contribution in [2.24, 2.45) is 0 Å². The summed E-state index contributed by atoms with van der Waals surface area (Å²) in [5.74, 6) is 0.808. The Kier molecular flexibility index (Phi) is 6.00. The topological polar surface area (TPSA) is 83.8 Å². The standard InChI is InChI=1S/C24H21F3N6O2/c25-24(26,27)17-4-2-6-19(14-17)30-23(34)29-18-5-1-3-16(13-18)20-7-8-28-21-15-22(31-33(20)21)32-9-11-35-12-10-32/h1-8,13-15H,9-12H2,(H2,29,30,34). The number of carbonyl (C=O) groups is 1. The Morgan fingerprint density at radius 1 is 0.943 bits per heavy atom. The monoisotopic (exact) mass is 482 g/mol. The number of amides is 2. The zero-order valence-electron chi connectivity index (χ0n) is 18.4. The van der Waals surface area contributed by atoms with Crippen LogP contribution in [-0.4, -0.2) is 46.9 Å². The van der Waals surface area contributed by atoms with Crippen LogP contribution in [0.4, 0.5) is 35.2 Å². The van der Waals surface area contributed by atoms with Crippen LogP contribution >= 0.6 is 0 Å². The Balaban J connectivity index is 1.35. The van der Waals surface area contributed by atoms with Gasteiger partial charge in [-0.05, 0) is 36.4 Å². The molecule has 180 valence electrons. The van der Waals surface area contributed by atoms with Crippen LogP contribution in [0.3, 0.4) is 0 Å². The Morgan fingerprint density at radius 2 is 1.66 bits per heavy atom. The molecule has 11 heteroatoms. The second-order valence-corrected chi connectivity index (χ2v) is 7.94. The van der Waals surface area contributed by atoms with E-state index in [2.05, 4.69) is 20.5 Å². The van der Waals surface area contributed by atoms with Crippen molar-refractivity contribution in [1.29, 1.82) is 0 Å². The highest BCUT2D eigenvalue weighted by Crippen LogP contribution is 2.31. The van der Waals surface area contributed by atoms with Gasteiger partial charge in [-0.15, -0.1) is 5.10 Å². The van der Waals surface area contributed by atoms with Gasteiger partial charge < -0.3 is 20.3 Å². The predicted octanol–water partition coefficient (Wildman–Crippen LogP) is 4.90. The molecule has 0 spiro atoms. The van der Waals surface area contributed by atoms with Gasteiger partial charge in [-0.3, -0.25) is 0 Å². The largest absolute Gasteiger partial charge is 0.416 e. The van der Waals surface area contributed by atoms with Crippen molar-refractivity contribution < 1.29 is 22.7 Å². The van der Waals surface area contributed by atoms with Crippen LogP contribution in [0.25, 0.3) is 16.9 Å². The number of aromatic nitrogens is 3. The number of morpholine rings is 1. The summed E-state index contributed by atoms with van der Waals surface area (Å²) in [6, 6.07) is 14.6. The summed E-state index contributed by atoms with van der Waals surface area (Å²) < 4.78 is 45.9. The fourth-order valence-corrected chi connectivity index (χ4v) is 3.87. The Labute approximate surface area is 198 Å². The van der Waals surface area contributed by atoms with E-state index in [1.54, 1.807) is 28.9 Å². The lowest BCUT2D eigenvalue weighted by molar-refractivity contribution is -0.137. The third-order valence-corrected chi connectivity index (χ3v) is 5.54. The highest BCUT2D eigenvalue weighted by Gasteiger charge is 2.30. The van der Waals surface area contributed by atoms with Crippen LogP contribution in [0.15, 0.2) is 66.9 Å². The van der Waals surface area contributed by atoms with Crippen LogP contribution in [-0.2, 0) is 10.9 Å². The molecule has 0 atom stereocenters. The number of fused-ring (bicyclic) bond motifs is 1. The van der Waals surface area contributed by atoms with E-state index in [4.69, 9.17) is 9.84 Å². The van der Waals surface area contributed by atoms with Crippen molar-refractivity contribution in [3.05, 3.63) is 72.4 Å². The van der Waals surface area contributed by atoms with Gasteiger partial charge in [0.05, 0.1) is 24.5 Å². The Morgan fingerprint density at radius 3 is 2.40 bits per heavy atom. The number of benzene rings is 2. The molecule has 0 radical (unpaired) electrons. The molecule has 2 amide bonds. The highest BCUT2D eigenvalue weighted by molar-refractivity contribution is 6.00. The van der Waals surface area contributed by atoms with E-state index in [9.17, 15) is 18.0 Å². The second kappa shape index (κ2) is 9.26. The number of halogens is 3. The molecule has 2 N–H and O–H groups in total. The van der Waals surface area contributed by atoms with E-state index in [0.717, 1.165) is 42.3 Å². The Hall–Kier alpha value is -4.12. The zero-order chi connectivity index (χ0) is 24.4. The number of ether oxygens (including phenoxy) is 1. The van der Waals surface area contributed by atoms with E-state index in [1.165, 1.54) is 12.1 Å². The van der Waals surface area contributed by atoms with Gasteiger partial charge in [0.2, 0.25) is 0 Å². The van der Waals surface area contributed by atoms with E-state index < -0.39 is 17.8 Å². The lowest BCUT2D eigenvalue weighted by Gasteiger charge is -2.26. The molecule has 1 aliphatic heterocycles. The van der Waals surface area contributed by atoms with Crippen LogP contribution < -0.4 is 15.5 Å². The molecule has 2 aromatic carbocycles. The molecule has 2 aromatic heterocycles. The summed E-state index contributed by atoms with van der Waals surface area (Å²) in [4.78, 5) is 19.0. The second-order valence-electron chi connectivity index (χ2n) is 7.94. The molecule has 3 heterocycles. The molecule has 0 bridgehead atoms. The van der Waals surface area contributed by atoms with Crippen LogP contribution in [0.5, 0.6) is 0 Å². The molecular weight excluding hydrogens is 461 g/mol. The first-order chi connectivity index (χ1) is 16.9. The molecule has 0 unspecified atom stereocenters. The number of hydrogen-bond donors (Lipinski definition) is 2. The number of urea groups is 1. The molecule has 1 saturated heterocycles. The maximum Gasteiger partial charge on any atom is 0.416 e. The van der Waals surface area contributed by atoms with E-state index in [-0.39, 0.29) is 5.69 Å². The van der Waals surface area contributed by atoms with E-state index in [1.807, 2.05) is 18.2 Å². The smallest absolute Gasteiger partial charge is 0.378 e. The number of nitrogens with one attached hydrogen (secondary N) is 2. The van der Waals surface area contributed by atoms with Crippen molar-refractivity contribution in [1.82, 2.24) is 14.6 Å². The summed E-state index contributed by atoms with van der Waals surface area (Å²) >= 11 is 0. The summed E-state index contributed by atoms with van der Waals surface area (Å²) in [6.45, 7) is 2.79. The molecule has 0 aliphatic carbocycles. The molecule has 0 saturated carbocycles. The zero-order valence-corrected chi connectivity index (χ0v) is 18.4. The molecule has 35 heavy (non-hydrogen) atoms. The Bertz CT molecular complexity index is 1360. The van der Waals surface area contributed by atoms with Crippen molar-refractivity contribution >= 4 is 28.9 Å². The highest BCUT2D eigenvalue weighted by atomic mass is 19.4. The first-order valence-corrected chi connectivity index (χ1v) is 10.9.